The average Bonchev–Trinajstić information content (AvgIpc) is 3.42. The molecule has 0 aromatic carbocycles. The van der Waals surface area contributed by atoms with Crippen molar-refractivity contribution in [2.75, 3.05) is 44.8 Å². The summed E-state index contributed by atoms with van der Waals surface area (Å²) in [5.74, 6) is 0.714. The molecule has 0 bridgehead atoms. The molecule has 2 aromatic rings. The summed E-state index contributed by atoms with van der Waals surface area (Å²) in [6.45, 7) is 2.93. The first-order valence-electron chi connectivity index (χ1n) is 11.2. The van der Waals surface area contributed by atoms with E-state index in [0.717, 1.165) is 31.6 Å². The van der Waals surface area contributed by atoms with E-state index in [1.165, 1.54) is 17.8 Å². The van der Waals surface area contributed by atoms with Gasteiger partial charge in [0.25, 0.3) is 5.91 Å². The zero-order valence-electron chi connectivity index (χ0n) is 19.1. The molecule has 178 valence electrons. The lowest BCUT2D eigenvalue weighted by Crippen LogP contribution is -2.32. The zero-order chi connectivity index (χ0) is 23.9. The lowest BCUT2D eigenvalue weighted by Gasteiger charge is -2.30. The average molecular weight is 466 g/mol. The van der Waals surface area contributed by atoms with Gasteiger partial charge in [0.15, 0.2) is 11.6 Å². The lowest BCUT2D eigenvalue weighted by molar-refractivity contribution is -0.134. The molecular formula is C24H27N5O5. The zero-order valence-corrected chi connectivity index (χ0v) is 19.1. The van der Waals surface area contributed by atoms with Gasteiger partial charge in [0.1, 0.15) is 12.1 Å². The van der Waals surface area contributed by atoms with Crippen LogP contribution in [0.4, 0.5) is 11.5 Å². The van der Waals surface area contributed by atoms with Crippen LogP contribution in [0, 0.1) is 0 Å². The molecule has 10 nitrogen and oxygen atoms in total. The molecule has 4 rings (SSSR count). The Kier molecular flexibility index (Phi) is 7.36. The molecule has 0 aliphatic carbocycles. The van der Waals surface area contributed by atoms with Gasteiger partial charge in [0, 0.05) is 49.9 Å². The summed E-state index contributed by atoms with van der Waals surface area (Å²) in [7, 11) is 1.32. The summed E-state index contributed by atoms with van der Waals surface area (Å²) in [6, 6.07) is 5.37. The van der Waals surface area contributed by atoms with Crippen molar-refractivity contribution in [3.8, 4) is 5.75 Å². The summed E-state index contributed by atoms with van der Waals surface area (Å²) in [5.41, 5.74) is 1.80. The fourth-order valence-corrected chi connectivity index (χ4v) is 3.94. The molecule has 0 unspecified atom stereocenters. The number of methoxy groups -OCH3 is 1. The maximum atomic E-state index is 12.7. The number of aromatic nitrogens is 2. The third-order valence-electron chi connectivity index (χ3n) is 5.70. The highest BCUT2D eigenvalue weighted by Crippen LogP contribution is 2.35. The Morgan fingerprint density at radius 2 is 2.06 bits per heavy atom. The first kappa shape index (κ1) is 23.2. The predicted octanol–water partition coefficient (Wildman–Crippen LogP) is 1.71. The number of fused-ring (bicyclic) bond motifs is 1. The number of ether oxygens (including phenoxy) is 2. The van der Waals surface area contributed by atoms with Gasteiger partial charge in [-0.15, -0.1) is 0 Å². The Hall–Kier alpha value is -3.95. The fraction of sp³-hybridized carbons (Fsp3) is 0.375. The molecule has 4 heterocycles. The maximum absolute atomic E-state index is 12.7. The molecule has 0 atom stereocenters. The second-order valence-electron chi connectivity index (χ2n) is 7.90. The van der Waals surface area contributed by atoms with Crippen molar-refractivity contribution in [2.45, 2.75) is 19.3 Å². The van der Waals surface area contributed by atoms with Crippen LogP contribution in [0.1, 0.15) is 29.6 Å². The number of carbonyl (C=O) groups excluding carboxylic acids is 3. The molecule has 2 aliphatic rings. The van der Waals surface area contributed by atoms with Crippen LogP contribution in [0.15, 0.2) is 47.7 Å². The van der Waals surface area contributed by atoms with Gasteiger partial charge >= 0.3 is 5.97 Å². The number of anilines is 2. The number of carbonyl (C=O) groups is 3. The van der Waals surface area contributed by atoms with E-state index in [1.54, 1.807) is 30.6 Å². The van der Waals surface area contributed by atoms with Crippen LogP contribution < -0.4 is 15.1 Å². The van der Waals surface area contributed by atoms with Crippen LogP contribution in [0.25, 0.3) is 0 Å². The summed E-state index contributed by atoms with van der Waals surface area (Å²) in [4.78, 5) is 48.2. The Balaban J connectivity index is 1.56. The number of hydrogen-bond acceptors (Lipinski definition) is 8. The van der Waals surface area contributed by atoms with Crippen LogP contribution in [0.3, 0.4) is 0 Å². The van der Waals surface area contributed by atoms with Gasteiger partial charge in [-0.1, -0.05) is 6.08 Å². The molecular weight excluding hydrogens is 438 g/mol. The number of esters is 1. The quantitative estimate of drug-likeness (QED) is 0.265. The van der Waals surface area contributed by atoms with E-state index in [2.05, 4.69) is 14.7 Å². The minimum absolute atomic E-state index is 0.0254. The molecule has 2 aliphatic heterocycles. The first-order valence-corrected chi connectivity index (χ1v) is 11.2. The van der Waals surface area contributed by atoms with Gasteiger partial charge in [-0.25, -0.2) is 9.78 Å². The summed E-state index contributed by atoms with van der Waals surface area (Å²) >= 11 is 0. The Labute approximate surface area is 197 Å². The lowest BCUT2D eigenvalue weighted by atomic mass is 10.2. The number of nitrogens with zero attached hydrogens (tertiary/aromatic N) is 5. The molecule has 10 heteroatoms. The van der Waals surface area contributed by atoms with Crippen molar-refractivity contribution in [3.63, 3.8) is 0 Å². The topological polar surface area (TPSA) is 106 Å². The monoisotopic (exact) mass is 465 g/mol. The molecule has 0 spiro atoms. The summed E-state index contributed by atoms with van der Waals surface area (Å²) < 4.78 is 11.8. The number of likely N-dealkylation sites (tertiary alicyclic amines) is 1. The van der Waals surface area contributed by atoms with Crippen LogP contribution in [0.5, 0.6) is 5.75 Å². The molecule has 1 amide bonds. The van der Waals surface area contributed by atoms with Gasteiger partial charge in [-0.05, 0) is 31.4 Å². The molecule has 1 fully saturated rings. The molecule has 34 heavy (non-hydrogen) atoms. The highest BCUT2D eigenvalue weighted by atomic mass is 16.5. The van der Waals surface area contributed by atoms with Crippen LogP contribution >= 0.6 is 0 Å². The molecule has 2 aromatic heterocycles. The van der Waals surface area contributed by atoms with Gasteiger partial charge < -0.3 is 19.3 Å². The van der Waals surface area contributed by atoms with Gasteiger partial charge in [0.05, 0.1) is 19.2 Å². The van der Waals surface area contributed by atoms with E-state index in [0.29, 0.717) is 55.1 Å². The Morgan fingerprint density at radius 3 is 2.82 bits per heavy atom. The fourth-order valence-electron chi connectivity index (χ4n) is 3.94. The van der Waals surface area contributed by atoms with Crippen LogP contribution in [-0.4, -0.2) is 72.6 Å². The Morgan fingerprint density at radius 1 is 1.24 bits per heavy atom. The second-order valence-corrected chi connectivity index (χ2v) is 7.90. The minimum atomic E-state index is -0.422. The van der Waals surface area contributed by atoms with Crippen molar-refractivity contribution in [3.05, 3.63) is 53.8 Å². The third-order valence-corrected chi connectivity index (χ3v) is 5.70. The van der Waals surface area contributed by atoms with Crippen molar-refractivity contribution in [1.29, 1.82) is 0 Å². The first-order chi connectivity index (χ1) is 16.6. The summed E-state index contributed by atoms with van der Waals surface area (Å²) in [6.07, 6.45) is 9.52. The SMILES string of the molecule is COC(=O)/C=C\CC/N=c1/cc(N2CCOc3cc(C(=O)N4CCCC4)cnc32)ccn1C=O. The molecule has 0 radical (unpaired) electrons. The highest BCUT2D eigenvalue weighted by Gasteiger charge is 2.25. The van der Waals surface area contributed by atoms with E-state index < -0.39 is 5.97 Å². The van der Waals surface area contributed by atoms with Crippen molar-refractivity contribution in [2.24, 2.45) is 4.99 Å². The van der Waals surface area contributed by atoms with Crippen molar-refractivity contribution < 1.29 is 23.9 Å². The Bertz CT molecular complexity index is 1170. The number of hydrogen-bond donors (Lipinski definition) is 0. The van der Waals surface area contributed by atoms with Crippen LogP contribution in [-0.2, 0) is 14.3 Å². The number of rotatable bonds is 7. The normalized spacial score (nSPS) is 15.9. The minimum Gasteiger partial charge on any atom is -0.488 e. The summed E-state index contributed by atoms with van der Waals surface area (Å²) in [5, 5.41) is 0. The van der Waals surface area contributed by atoms with E-state index in [-0.39, 0.29) is 5.91 Å². The van der Waals surface area contributed by atoms with Gasteiger partial charge in [-0.2, -0.15) is 0 Å². The van der Waals surface area contributed by atoms with E-state index in [4.69, 9.17) is 4.74 Å². The van der Waals surface area contributed by atoms with Gasteiger partial charge in [0.2, 0.25) is 6.41 Å². The third kappa shape index (κ3) is 5.16. The molecule has 0 saturated carbocycles. The van der Waals surface area contributed by atoms with E-state index >= 15 is 0 Å². The van der Waals surface area contributed by atoms with Crippen molar-refractivity contribution in [1.82, 2.24) is 14.5 Å². The second kappa shape index (κ2) is 10.8. The van der Waals surface area contributed by atoms with E-state index in [1.807, 2.05) is 15.9 Å². The van der Waals surface area contributed by atoms with E-state index in [9.17, 15) is 14.4 Å². The molecule has 0 N–H and O–H groups in total. The number of pyridine rings is 2. The standard InChI is InChI=1S/C24H27N5O5/c1-33-22(31)6-2-3-8-25-21-15-19(7-11-28(21)17-30)29-12-13-34-20-14-18(16-26-23(20)29)24(32)27-9-4-5-10-27/h2,6-7,11,14-17H,3-5,8-10,12-13H2,1H3/b6-2-,25-21-. The number of amides is 1. The predicted molar refractivity (Wildman–Crippen MR) is 125 cm³/mol. The molecule has 1 saturated heterocycles. The highest BCUT2D eigenvalue weighted by molar-refractivity contribution is 5.95. The smallest absolute Gasteiger partial charge is 0.330 e. The largest absolute Gasteiger partial charge is 0.488 e. The van der Waals surface area contributed by atoms with Crippen molar-refractivity contribution >= 4 is 29.8 Å². The maximum Gasteiger partial charge on any atom is 0.330 e. The van der Waals surface area contributed by atoms with Gasteiger partial charge in [-0.3, -0.25) is 19.1 Å². The van der Waals surface area contributed by atoms with Crippen LogP contribution in [0.2, 0.25) is 0 Å².